The van der Waals surface area contributed by atoms with Crippen molar-refractivity contribution in [3.63, 3.8) is 0 Å². The van der Waals surface area contributed by atoms with E-state index in [1.807, 2.05) is 24.3 Å². The summed E-state index contributed by atoms with van der Waals surface area (Å²) in [4.78, 5) is 2.29. The van der Waals surface area contributed by atoms with Gasteiger partial charge in [-0.2, -0.15) is 5.26 Å². The summed E-state index contributed by atoms with van der Waals surface area (Å²) < 4.78 is 0. The van der Waals surface area contributed by atoms with Gasteiger partial charge in [0.05, 0.1) is 11.3 Å². The van der Waals surface area contributed by atoms with Gasteiger partial charge >= 0.3 is 0 Å². The SMILES string of the molecule is Cc1cccc(C#N)c1N1CCc2c(N)cccc2C1. The van der Waals surface area contributed by atoms with Gasteiger partial charge in [-0.05, 0) is 42.2 Å². The molecule has 0 aromatic heterocycles. The van der Waals surface area contributed by atoms with E-state index in [4.69, 9.17) is 5.73 Å². The van der Waals surface area contributed by atoms with Crippen LogP contribution >= 0.6 is 0 Å². The molecule has 1 aliphatic rings. The van der Waals surface area contributed by atoms with Crippen LogP contribution in [0, 0.1) is 18.3 Å². The molecule has 3 rings (SSSR count). The molecule has 0 fully saturated rings. The van der Waals surface area contributed by atoms with Gasteiger partial charge in [0.2, 0.25) is 0 Å². The van der Waals surface area contributed by atoms with Gasteiger partial charge in [-0.15, -0.1) is 0 Å². The number of aryl methyl sites for hydroxylation is 1. The van der Waals surface area contributed by atoms with Crippen molar-refractivity contribution >= 4 is 11.4 Å². The van der Waals surface area contributed by atoms with Crippen molar-refractivity contribution < 1.29 is 0 Å². The van der Waals surface area contributed by atoms with Crippen LogP contribution in [-0.2, 0) is 13.0 Å². The fourth-order valence-electron chi connectivity index (χ4n) is 3.00. The Kier molecular flexibility index (Phi) is 3.08. The average Bonchev–Trinajstić information content (AvgIpc) is 2.47. The molecule has 20 heavy (non-hydrogen) atoms. The molecule has 2 N–H and O–H groups in total. The summed E-state index contributed by atoms with van der Waals surface area (Å²) in [5, 5.41) is 9.32. The number of anilines is 2. The molecule has 0 unspecified atom stereocenters. The zero-order chi connectivity index (χ0) is 14.1. The highest BCUT2D eigenvalue weighted by Gasteiger charge is 2.21. The monoisotopic (exact) mass is 263 g/mol. The summed E-state index contributed by atoms with van der Waals surface area (Å²) in [7, 11) is 0. The van der Waals surface area contributed by atoms with Crippen molar-refractivity contribution in [2.45, 2.75) is 19.9 Å². The molecule has 100 valence electrons. The lowest BCUT2D eigenvalue weighted by Gasteiger charge is -2.33. The van der Waals surface area contributed by atoms with Crippen molar-refractivity contribution in [2.24, 2.45) is 0 Å². The van der Waals surface area contributed by atoms with Gasteiger partial charge in [0.1, 0.15) is 6.07 Å². The Morgan fingerprint density at radius 2 is 2.00 bits per heavy atom. The van der Waals surface area contributed by atoms with Crippen LogP contribution < -0.4 is 10.6 Å². The molecule has 2 aromatic carbocycles. The van der Waals surface area contributed by atoms with Crippen molar-refractivity contribution in [3.8, 4) is 6.07 Å². The standard InChI is InChI=1S/C17H17N3/c1-12-4-2-5-13(10-18)17(12)20-9-8-15-14(11-20)6-3-7-16(15)19/h2-7H,8-9,11,19H2,1H3. The van der Waals surface area contributed by atoms with Crippen LogP contribution in [-0.4, -0.2) is 6.54 Å². The van der Waals surface area contributed by atoms with Gasteiger partial charge < -0.3 is 10.6 Å². The number of fused-ring (bicyclic) bond motifs is 1. The second-order valence-corrected chi connectivity index (χ2v) is 5.24. The van der Waals surface area contributed by atoms with Gasteiger partial charge in [0.15, 0.2) is 0 Å². The number of rotatable bonds is 1. The third-order valence-corrected chi connectivity index (χ3v) is 3.98. The fourth-order valence-corrected chi connectivity index (χ4v) is 3.00. The molecule has 0 bridgehead atoms. The summed E-state index contributed by atoms with van der Waals surface area (Å²) in [6.07, 6.45) is 0.932. The smallest absolute Gasteiger partial charge is 0.101 e. The van der Waals surface area contributed by atoms with Crippen LogP contribution in [0.1, 0.15) is 22.3 Å². The minimum atomic E-state index is 0.748. The number of benzene rings is 2. The molecule has 0 atom stereocenters. The largest absolute Gasteiger partial charge is 0.398 e. The molecule has 1 heterocycles. The van der Waals surface area contributed by atoms with E-state index >= 15 is 0 Å². The molecular weight excluding hydrogens is 246 g/mol. The summed E-state index contributed by atoms with van der Waals surface area (Å²) >= 11 is 0. The Hall–Kier alpha value is -2.47. The van der Waals surface area contributed by atoms with Crippen LogP contribution in [0.25, 0.3) is 0 Å². The van der Waals surface area contributed by atoms with Gasteiger partial charge in [0.25, 0.3) is 0 Å². The number of nitrogens with two attached hydrogens (primary N) is 1. The summed E-state index contributed by atoms with van der Waals surface area (Å²) in [6.45, 7) is 3.78. The summed E-state index contributed by atoms with van der Waals surface area (Å²) in [5.74, 6) is 0. The van der Waals surface area contributed by atoms with Crippen molar-refractivity contribution in [1.82, 2.24) is 0 Å². The van der Waals surface area contributed by atoms with E-state index < -0.39 is 0 Å². The number of para-hydroxylation sites is 1. The highest BCUT2D eigenvalue weighted by Crippen LogP contribution is 2.31. The molecule has 0 saturated carbocycles. The van der Waals surface area contributed by atoms with E-state index in [9.17, 15) is 5.26 Å². The van der Waals surface area contributed by atoms with E-state index in [0.717, 1.165) is 42.0 Å². The van der Waals surface area contributed by atoms with Crippen LogP contribution in [0.3, 0.4) is 0 Å². The lowest BCUT2D eigenvalue weighted by atomic mass is 9.96. The zero-order valence-corrected chi connectivity index (χ0v) is 11.6. The third-order valence-electron chi connectivity index (χ3n) is 3.98. The van der Waals surface area contributed by atoms with Crippen molar-refractivity contribution in [2.75, 3.05) is 17.2 Å². The molecule has 3 nitrogen and oxygen atoms in total. The average molecular weight is 263 g/mol. The normalized spacial score (nSPS) is 13.7. The maximum Gasteiger partial charge on any atom is 0.101 e. The lowest BCUT2D eigenvalue weighted by molar-refractivity contribution is 0.730. The molecule has 2 aromatic rings. The first-order valence-corrected chi connectivity index (χ1v) is 6.81. The molecule has 0 spiro atoms. The highest BCUT2D eigenvalue weighted by atomic mass is 15.1. The zero-order valence-electron chi connectivity index (χ0n) is 11.6. The first-order chi connectivity index (χ1) is 9.70. The first-order valence-electron chi connectivity index (χ1n) is 6.81. The van der Waals surface area contributed by atoms with E-state index in [2.05, 4.69) is 30.0 Å². The molecule has 0 radical (unpaired) electrons. The third kappa shape index (κ3) is 2.00. The highest BCUT2D eigenvalue weighted by molar-refractivity contribution is 5.66. The number of nitrogens with zero attached hydrogens (tertiary/aromatic N) is 2. The van der Waals surface area contributed by atoms with E-state index in [1.165, 1.54) is 11.1 Å². The predicted octanol–water partition coefficient (Wildman–Crippen LogP) is 3.01. The van der Waals surface area contributed by atoms with Crippen LogP contribution in [0.2, 0.25) is 0 Å². The molecule has 1 aliphatic heterocycles. The second kappa shape index (κ2) is 4.90. The number of nitriles is 1. The van der Waals surface area contributed by atoms with Crippen LogP contribution in [0.5, 0.6) is 0 Å². The Labute approximate surface area is 119 Å². The molecule has 0 aliphatic carbocycles. The Morgan fingerprint density at radius 1 is 1.20 bits per heavy atom. The molecule has 3 heteroatoms. The topological polar surface area (TPSA) is 53.0 Å². The van der Waals surface area contributed by atoms with E-state index in [1.54, 1.807) is 0 Å². The maximum absolute atomic E-state index is 9.32. The molecule has 0 saturated heterocycles. The van der Waals surface area contributed by atoms with Gasteiger partial charge in [-0.3, -0.25) is 0 Å². The first kappa shape index (κ1) is 12.6. The summed E-state index contributed by atoms with van der Waals surface area (Å²) in [5.41, 5.74) is 12.4. The van der Waals surface area contributed by atoms with Gasteiger partial charge in [-0.1, -0.05) is 24.3 Å². The predicted molar refractivity (Wildman–Crippen MR) is 81.5 cm³/mol. The minimum Gasteiger partial charge on any atom is -0.398 e. The number of hydrogen-bond donors (Lipinski definition) is 1. The number of hydrogen-bond acceptors (Lipinski definition) is 3. The van der Waals surface area contributed by atoms with Gasteiger partial charge in [0, 0.05) is 18.8 Å². The van der Waals surface area contributed by atoms with Crippen LogP contribution in [0.15, 0.2) is 36.4 Å². The Morgan fingerprint density at radius 3 is 2.80 bits per heavy atom. The van der Waals surface area contributed by atoms with Crippen LogP contribution in [0.4, 0.5) is 11.4 Å². The Balaban J connectivity index is 2.01. The van der Waals surface area contributed by atoms with E-state index in [-0.39, 0.29) is 0 Å². The molecular formula is C17H17N3. The maximum atomic E-state index is 9.32. The second-order valence-electron chi connectivity index (χ2n) is 5.24. The lowest BCUT2D eigenvalue weighted by Crippen LogP contribution is -2.32. The minimum absolute atomic E-state index is 0.748. The quantitative estimate of drug-likeness (QED) is 0.805. The number of nitrogen functional groups attached to an aromatic ring is 1. The van der Waals surface area contributed by atoms with Crippen molar-refractivity contribution in [3.05, 3.63) is 58.7 Å². The summed E-state index contributed by atoms with van der Waals surface area (Å²) in [6, 6.07) is 14.3. The Bertz CT molecular complexity index is 698. The van der Waals surface area contributed by atoms with Crippen molar-refractivity contribution in [1.29, 1.82) is 5.26 Å². The van der Waals surface area contributed by atoms with E-state index in [0.29, 0.717) is 0 Å². The fraction of sp³-hybridized carbons (Fsp3) is 0.235. The van der Waals surface area contributed by atoms with Gasteiger partial charge in [-0.25, -0.2) is 0 Å². The molecule has 0 amide bonds.